The zero-order valence-corrected chi connectivity index (χ0v) is 12.7. The number of anilines is 1. The van der Waals surface area contributed by atoms with Gasteiger partial charge in [-0.15, -0.1) is 0 Å². The summed E-state index contributed by atoms with van der Waals surface area (Å²) in [6.07, 6.45) is 0. The average Bonchev–Trinajstić information content (AvgIpc) is 2.50. The van der Waals surface area contributed by atoms with E-state index in [0.29, 0.717) is 22.3 Å². The second-order valence-electron chi connectivity index (χ2n) is 4.74. The van der Waals surface area contributed by atoms with Gasteiger partial charge in [0, 0.05) is 15.8 Å². The Kier molecular flexibility index (Phi) is 3.91. The maximum Gasteiger partial charge on any atom is 0.127 e. The molecule has 0 aromatic heterocycles. The van der Waals surface area contributed by atoms with Crippen molar-refractivity contribution in [3.63, 3.8) is 0 Å². The van der Waals surface area contributed by atoms with Gasteiger partial charge >= 0.3 is 0 Å². The molecule has 2 N–H and O–H groups in total. The van der Waals surface area contributed by atoms with Crippen LogP contribution in [0.5, 0.6) is 5.75 Å². The van der Waals surface area contributed by atoms with Crippen LogP contribution in [0, 0.1) is 0 Å². The number of fused-ring (bicyclic) bond motifs is 1. The van der Waals surface area contributed by atoms with E-state index in [2.05, 4.69) is 0 Å². The summed E-state index contributed by atoms with van der Waals surface area (Å²) < 4.78 is 5.90. The first-order valence-electron chi connectivity index (χ1n) is 6.49. The summed E-state index contributed by atoms with van der Waals surface area (Å²) in [5.74, 6) is 0.795. The van der Waals surface area contributed by atoms with Gasteiger partial charge in [0.25, 0.3) is 0 Å². The lowest BCUT2D eigenvalue weighted by molar-refractivity contribution is 0.310. The van der Waals surface area contributed by atoms with Crippen LogP contribution in [0.1, 0.15) is 5.56 Å². The molecule has 0 unspecified atom stereocenters. The van der Waals surface area contributed by atoms with Crippen molar-refractivity contribution in [1.29, 1.82) is 0 Å². The molecule has 21 heavy (non-hydrogen) atoms. The Morgan fingerprint density at radius 1 is 0.857 bits per heavy atom. The third-order valence-electron chi connectivity index (χ3n) is 3.29. The molecule has 0 amide bonds. The number of benzene rings is 3. The highest BCUT2D eigenvalue weighted by Crippen LogP contribution is 2.32. The normalized spacial score (nSPS) is 10.8. The van der Waals surface area contributed by atoms with E-state index in [0.717, 1.165) is 22.1 Å². The Bertz CT molecular complexity index is 802. The molecule has 0 aliphatic rings. The molecule has 0 fully saturated rings. The van der Waals surface area contributed by atoms with E-state index < -0.39 is 0 Å². The van der Waals surface area contributed by atoms with Crippen LogP contribution in [0.3, 0.4) is 0 Å². The van der Waals surface area contributed by atoms with Crippen molar-refractivity contribution in [3.8, 4) is 5.75 Å². The first-order valence-corrected chi connectivity index (χ1v) is 7.24. The van der Waals surface area contributed by atoms with Crippen molar-refractivity contribution in [2.24, 2.45) is 0 Å². The van der Waals surface area contributed by atoms with E-state index in [1.807, 2.05) is 48.5 Å². The highest BCUT2D eigenvalue weighted by atomic mass is 35.5. The lowest BCUT2D eigenvalue weighted by atomic mass is 10.1. The number of nitrogen functional groups attached to an aromatic ring is 1. The first kappa shape index (κ1) is 14.1. The Labute approximate surface area is 133 Å². The fourth-order valence-corrected chi connectivity index (χ4v) is 2.55. The molecular formula is C17H13Cl2NO. The molecule has 2 nitrogen and oxygen atoms in total. The van der Waals surface area contributed by atoms with Gasteiger partial charge < -0.3 is 10.5 Å². The quantitative estimate of drug-likeness (QED) is 0.664. The summed E-state index contributed by atoms with van der Waals surface area (Å²) in [6, 6.07) is 17.1. The minimum atomic E-state index is 0.424. The van der Waals surface area contributed by atoms with Crippen LogP contribution in [0.25, 0.3) is 10.8 Å². The molecule has 0 saturated heterocycles. The summed E-state index contributed by atoms with van der Waals surface area (Å²) in [6.45, 7) is 0.424. The van der Waals surface area contributed by atoms with Crippen molar-refractivity contribution in [1.82, 2.24) is 0 Å². The molecule has 106 valence electrons. The number of halogens is 2. The van der Waals surface area contributed by atoms with E-state index in [9.17, 15) is 0 Å². The highest BCUT2D eigenvalue weighted by molar-refractivity contribution is 6.35. The minimum Gasteiger partial charge on any atom is -0.488 e. The van der Waals surface area contributed by atoms with Gasteiger partial charge in [-0.1, -0.05) is 53.5 Å². The average molecular weight is 318 g/mol. The van der Waals surface area contributed by atoms with Gasteiger partial charge in [0.15, 0.2) is 0 Å². The van der Waals surface area contributed by atoms with Crippen LogP contribution < -0.4 is 10.5 Å². The predicted molar refractivity (Wildman–Crippen MR) is 89.2 cm³/mol. The fraction of sp³-hybridized carbons (Fsp3) is 0.0588. The van der Waals surface area contributed by atoms with Gasteiger partial charge in [0.1, 0.15) is 12.4 Å². The van der Waals surface area contributed by atoms with Crippen LogP contribution in [0.4, 0.5) is 5.69 Å². The smallest absolute Gasteiger partial charge is 0.127 e. The molecule has 0 aliphatic carbocycles. The van der Waals surface area contributed by atoms with Crippen molar-refractivity contribution < 1.29 is 4.74 Å². The third kappa shape index (κ3) is 2.92. The molecule has 4 heteroatoms. The Morgan fingerprint density at radius 2 is 1.57 bits per heavy atom. The Hall–Kier alpha value is -1.90. The minimum absolute atomic E-state index is 0.424. The molecular weight excluding hydrogens is 305 g/mol. The molecule has 0 spiro atoms. The fourth-order valence-electron chi connectivity index (χ4n) is 2.20. The van der Waals surface area contributed by atoms with Crippen LogP contribution in [0.15, 0.2) is 54.6 Å². The molecule has 0 saturated carbocycles. The van der Waals surface area contributed by atoms with Gasteiger partial charge in [-0.2, -0.15) is 0 Å². The molecule has 0 heterocycles. The van der Waals surface area contributed by atoms with Gasteiger partial charge in [-0.3, -0.25) is 0 Å². The van der Waals surface area contributed by atoms with Crippen LogP contribution in [0.2, 0.25) is 10.0 Å². The lowest BCUT2D eigenvalue weighted by Gasteiger charge is -2.11. The Morgan fingerprint density at radius 3 is 2.33 bits per heavy atom. The van der Waals surface area contributed by atoms with E-state index in [1.54, 1.807) is 6.07 Å². The van der Waals surface area contributed by atoms with Gasteiger partial charge in [0.05, 0.1) is 10.7 Å². The van der Waals surface area contributed by atoms with E-state index >= 15 is 0 Å². The summed E-state index contributed by atoms with van der Waals surface area (Å²) in [5.41, 5.74) is 7.32. The van der Waals surface area contributed by atoms with Gasteiger partial charge in [-0.05, 0) is 29.8 Å². The van der Waals surface area contributed by atoms with Gasteiger partial charge in [0.2, 0.25) is 0 Å². The number of hydrogen-bond donors (Lipinski definition) is 1. The largest absolute Gasteiger partial charge is 0.488 e. The summed E-state index contributed by atoms with van der Waals surface area (Å²) in [5, 5.41) is 3.24. The maximum absolute atomic E-state index is 6.20. The second-order valence-corrected chi connectivity index (χ2v) is 5.55. The maximum atomic E-state index is 6.20. The number of nitrogens with two attached hydrogens (primary N) is 1. The van der Waals surface area contributed by atoms with Crippen molar-refractivity contribution >= 4 is 39.7 Å². The van der Waals surface area contributed by atoms with Crippen molar-refractivity contribution in [2.75, 3.05) is 5.73 Å². The van der Waals surface area contributed by atoms with Crippen LogP contribution >= 0.6 is 23.2 Å². The standard InChI is InChI=1S/C17H13Cl2NO/c18-14-7-8-17(13-4-2-1-3-12(13)14)21-10-11-5-6-15(19)16(20)9-11/h1-9H,10,20H2. The zero-order valence-electron chi connectivity index (χ0n) is 11.1. The zero-order chi connectivity index (χ0) is 14.8. The SMILES string of the molecule is Nc1cc(COc2ccc(Cl)c3ccccc23)ccc1Cl. The monoisotopic (exact) mass is 317 g/mol. The first-order chi connectivity index (χ1) is 10.1. The molecule has 0 atom stereocenters. The predicted octanol–water partition coefficient (Wildman–Crippen LogP) is 5.31. The van der Waals surface area contributed by atoms with Crippen molar-refractivity contribution in [2.45, 2.75) is 6.61 Å². The topological polar surface area (TPSA) is 35.2 Å². The molecule has 0 radical (unpaired) electrons. The lowest BCUT2D eigenvalue weighted by Crippen LogP contribution is -1.97. The van der Waals surface area contributed by atoms with E-state index in [1.165, 1.54) is 0 Å². The molecule has 3 rings (SSSR count). The van der Waals surface area contributed by atoms with E-state index in [-0.39, 0.29) is 0 Å². The molecule has 3 aromatic carbocycles. The van der Waals surface area contributed by atoms with Crippen LogP contribution in [-0.4, -0.2) is 0 Å². The molecule has 3 aromatic rings. The Balaban J connectivity index is 1.88. The van der Waals surface area contributed by atoms with E-state index in [4.69, 9.17) is 33.7 Å². The summed E-state index contributed by atoms with van der Waals surface area (Å²) >= 11 is 12.1. The van der Waals surface area contributed by atoms with Gasteiger partial charge in [-0.25, -0.2) is 0 Å². The number of hydrogen-bond acceptors (Lipinski definition) is 2. The van der Waals surface area contributed by atoms with Crippen LogP contribution in [-0.2, 0) is 6.61 Å². The van der Waals surface area contributed by atoms with Crippen molar-refractivity contribution in [3.05, 3.63) is 70.2 Å². The molecule has 0 aliphatic heterocycles. The third-order valence-corrected chi connectivity index (χ3v) is 3.96. The molecule has 0 bridgehead atoms. The summed E-state index contributed by atoms with van der Waals surface area (Å²) in [7, 11) is 0. The highest BCUT2D eigenvalue weighted by Gasteiger charge is 2.06. The summed E-state index contributed by atoms with van der Waals surface area (Å²) in [4.78, 5) is 0. The number of rotatable bonds is 3. The number of ether oxygens (including phenoxy) is 1. The second kappa shape index (κ2) is 5.84.